The predicted octanol–water partition coefficient (Wildman–Crippen LogP) is 5.60. The molecule has 2 rings (SSSR count). The molecule has 21 heavy (non-hydrogen) atoms. The van der Waals surface area contributed by atoms with Crippen LogP contribution in [-0.2, 0) is 12.1 Å². The Hall–Kier alpha value is -0.900. The Bertz CT molecular complexity index is 473. The van der Waals surface area contributed by atoms with E-state index in [1.165, 1.54) is 12.1 Å². The topological polar surface area (TPSA) is 3.24 Å². The van der Waals surface area contributed by atoms with E-state index >= 15 is 0 Å². The Kier molecular flexibility index (Phi) is 5.42. The minimum Gasteiger partial charge on any atom is -0.369 e. The third-order valence-electron chi connectivity index (χ3n) is 4.22. The lowest BCUT2D eigenvalue weighted by atomic mass is 10.0. The second-order valence-electron chi connectivity index (χ2n) is 5.58. The standard InChI is InChI=1S/C16H21ClF3N/c1-2-13-6-4-3-5-9-21(13)14-8-7-12(11-17)15(10-14)16(18,19)20/h7-8,10,13H,2-6,9,11H2,1H3. The average Bonchev–Trinajstić information content (AvgIpc) is 2.70. The number of hydrogen-bond acceptors (Lipinski definition) is 1. The van der Waals surface area contributed by atoms with Crippen molar-refractivity contribution in [2.24, 2.45) is 0 Å². The number of rotatable bonds is 3. The Balaban J connectivity index is 2.38. The van der Waals surface area contributed by atoms with Crippen LogP contribution in [-0.4, -0.2) is 12.6 Å². The SMILES string of the molecule is CCC1CCCCCN1c1ccc(CCl)c(C(F)(F)F)c1. The Morgan fingerprint density at radius 3 is 2.62 bits per heavy atom. The molecular weight excluding hydrogens is 299 g/mol. The quantitative estimate of drug-likeness (QED) is 0.655. The van der Waals surface area contributed by atoms with Gasteiger partial charge in [-0.1, -0.05) is 25.8 Å². The van der Waals surface area contributed by atoms with Crippen molar-refractivity contribution in [2.45, 2.75) is 57.1 Å². The van der Waals surface area contributed by atoms with Crippen LogP contribution in [0.25, 0.3) is 0 Å². The van der Waals surface area contributed by atoms with Crippen LogP contribution in [0.2, 0.25) is 0 Å². The molecule has 0 bridgehead atoms. The summed E-state index contributed by atoms with van der Waals surface area (Å²) in [6, 6.07) is 4.89. The molecule has 1 saturated heterocycles. The van der Waals surface area contributed by atoms with Gasteiger partial charge in [-0.05, 0) is 37.0 Å². The molecule has 0 radical (unpaired) electrons. The monoisotopic (exact) mass is 319 g/mol. The van der Waals surface area contributed by atoms with Gasteiger partial charge in [0.25, 0.3) is 0 Å². The van der Waals surface area contributed by atoms with Gasteiger partial charge in [-0.2, -0.15) is 13.2 Å². The fourth-order valence-electron chi connectivity index (χ4n) is 3.07. The summed E-state index contributed by atoms with van der Waals surface area (Å²) in [7, 11) is 0. The highest BCUT2D eigenvalue weighted by molar-refractivity contribution is 6.17. The van der Waals surface area contributed by atoms with E-state index in [9.17, 15) is 13.2 Å². The van der Waals surface area contributed by atoms with Gasteiger partial charge in [0.05, 0.1) is 5.56 Å². The van der Waals surface area contributed by atoms with Gasteiger partial charge >= 0.3 is 6.18 Å². The molecule has 1 aliphatic rings. The van der Waals surface area contributed by atoms with E-state index in [0.29, 0.717) is 11.7 Å². The second kappa shape index (κ2) is 6.91. The van der Waals surface area contributed by atoms with Crippen LogP contribution in [0.5, 0.6) is 0 Å². The lowest BCUT2D eigenvalue weighted by Crippen LogP contribution is -2.34. The first-order valence-corrected chi connectivity index (χ1v) is 8.03. The molecule has 1 atom stereocenters. The maximum atomic E-state index is 13.2. The van der Waals surface area contributed by atoms with Crippen molar-refractivity contribution >= 4 is 17.3 Å². The van der Waals surface area contributed by atoms with Crippen molar-refractivity contribution in [3.05, 3.63) is 29.3 Å². The number of alkyl halides is 4. The summed E-state index contributed by atoms with van der Waals surface area (Å²) >= 11 is 5.64. The lowest BCUT2D eigenvalue weighted by molar-refractivity contribution is -0.138. The summed E-state index contributed by atoms with van der Waals surface area (Å²) in [5.41, 5.74) is 0.217. The molecule has 1 fully saturated rings. The van der Waals surface area contributed by atoms with E-state index in [1.54, 1.807) is 6.07 Å². The molecule has 1 nitrogen and oxygen atoms in total. The van der Waals surface area contributed by atoms with E-state index in [2.05, 4.69) is 11.8 Å². The first kappa shape index (κ1) is 16.5. The number of anilines is 1. The van der Waals surface area contributed by atoms with Gasteiger partial charge in [0.2, 0.25) is 0 Å². The first-order chi connectivity index (χ1) is 9.97. The zero-order valence-electron chi connectivity index (χ0n) is 12.2. The number of nitrogens with zero attached hydrogens (tertiary/aromatic N) is 1. The minimum atomic E-state index is -4.35. The van der Waals surface area contributed by atoms with Gasteiger partial charge in [0, 0.05) is 24.2 Å². The molecule has 1 heterocycles. The van der Waals surface area contributed by atoms with Crippen LogP contribution in [0.4, 0.5) is 18.9 Å². The van der Waals surface area contributed by atoms with Gasteiger partial charge in [-0.3, -0.25) is 0 Å². The molecule has 1 aromatic carbocycles. The molecule has 0 aromatic heterocycles. The second-order valence-corrected chi connectivity index (χ2v) is 5.84. The fraction of sp³-hybridized carbons (Fsp3) is 0.625. The normalized spacial score (nSPS) is 20.4. The molecule has 118 valence electrons. The summed E-state index contributed by atoms with van der Waals surface area (Å²) in [5, 5.41) is 0. The largest absolute Gasteiger partial charge is 0.416 e. The van der Waals surface area contributed by atoms with Crippen LogP contribution in [0.15, 0.2) is 18.2 Å². The first-order valence-electron chi connectivity index (χ1n) is 7.50. The molecule has 0 aliphatic carbocycles. The summed E-state index contributed by atoms with van der Waals surface area (Å²) in [6.45, 7) is 2.93. The third kappa shape index (κ3) is 3.85. The third-order valence-corrected chi connectivity index (χ3v) is 4.51. The van der Waals surface area contributed by atoms with Crippen molar-refractivity contribution < 1.29 is 13.2 Å². The maximum Gasteiger partial charge on any atom is 0.416 e. The van der Waals surface area contributed by atoms with E-state index in [4.69, 9.17) is 11.6 Å². The molecule has 1 aliphatic heterocycles. The van der Waals surface area contributed by atoms with Crippen molar-refractivity contribution in [1.29, 1.82) is 0 Å². The van der Waals surface area contributed by atoms with E-state index in [-0.39, 0.29) is 11.4 Å². The fourth-order valence-corrected chi connectivity index (χ4v) is 3.30. The van der Waals surface area contributed by atoms with Crippen molar-refractivity contribution in [3.8, 4) is 0 Å². The highest BCUT2D eigenvalue weighted by Crippen LogP contribution is 2.36. The Morgan fingerprint density at radius 2 is 2.00 bits per heavy atom. The molecular formula is C16H21ClF3N. The van der Waals surface area contributed by atoms with E-state index in [1.807, 2.05) is 0 Å². The van der Waals surface area contributed by atoms with Gasteiger partial charge in [0.15, 0.2) is 0 Å². The summed E-state index contributed by atoms with van der Waals surface area (Å²) < 4.78 is 39.5. The highest BCUT2D eigenvalue weighted by Gasteiger charge is 2.34. The zero-order valence-corrected chi connectivity index (χ0v) is 13.0. The van der Waals surface area contributed by atoms with E-state index < -0.39 is 11.7 Å². The summed E-state index contributed by atoms with van der Waals surface area (Å²) in [6.07, 6.45) is 0.996. The number of hydrogen-bond donors (Lipinski definition) is 0. The van der Waals surface area contributed by atoms with Crippen LogP contribution in [0.3, 0.4) is 0 Å². The summed E-state index contributed by atoms with van der Waals surface area (Å²) in [4.78, 5) is 2.14. The van der Waals surface area contributed by atoms with Gasteiger partial charge in [-0.15, -0.1) is 11.6 Å². The predicted molar refractivity (Wildman–Crippen MR) is 80.9 cm³/mol. The molecule has 5 heteroatoms. The highest BCUT2D eigenvalue weighted by atomic mass is 35.5. The van der Waals surface area contributed by atoms with Crippen LogP contribution >= 0.6 is 11.6 Å². The van der Waals surface area contributed by atoms with E-state index in [0.717, 1.165) is 38.6 Å². The maximum absolute atomic E-state index is 13.2. The number of benzene rings is 1. The van der Waals surface area contributed by atoms with Crippen LogP contribution in [0, 0.1) is 0 Å². The van der Waals surface area contributed by atoms with Gasteiger partial charge < -0.3 is 4.90 Å². The minimum absolute atomic E-state index is 0.119. The molecule has 0 spiro atoms. The zero-order chi connectivity index (χ0) is 15.5. The summed E-state index contributed by atoms with van der Waals surface area (Å²) in [5.74, 6) is -0.119. The Morgan fingerprint density at radius 1 is 1.24 bits per heavy atom. The molecule has 1 unspecified atom stereocenters. The average molecular weight is 320 g/mol. The van der Waals surface area contributed by atoms with Gasteiger partial charge in [-0.25, -0.2) is 0 Å². The van der Waals surface area contributed by atoms with Crippen LogP contribution < -0.4 is 4.90 Å². The van der Waals surface area contributed by atoms with Crippen LogP contribution in [0.1, 0.15) is 50.2 Å². The number of halogens is 4. The smallest absolute Gasteiger partial charge is 0.369 e. The molecule has 1 aromatic rings. The van der Waals surface area contributed by atoms with Crippen molar-refractivity contribution in [2.75, 3.05) is 11.4 Å². The Labute approximate surface area is 129 Å². The molecule has 0 saturated carbocycles. The van der Waals surface area contributed by atoms with Crippen molar-refractivity contribution in [3.63, 3.8) is 0 Å². The lowest BCUT2D eigenvalue weighted by Gasteiger charge is -2.32. The molecule has 0 N–H and O–H groups in total. The van der Waals surface area contributed by atoms with Gasteiger partial charge in [0.1, 0.15) is 0 Å². The molecule has 0 amide bonds. The van der Waals surface area contributed by atoms with Crippen molar-refractivity contribution in [1.82, 2.24) is 0 Å².